The molecule has 0 fully saturated rings. The SMILES string of the molecule is CC/C=C\C/C=C\C/C=C\C/C=C\CCCCCCCCCCCCCCCCC(=O)OCC(COC(=O)CCCCCCCCCCC)OC(=O)CCCCCCC/C=C\CCCCCCC. The molecule has 6 nitrogen and oxygen atoms in total. The first kappa shape index (κ1) is 65.1. The zero-order chi connectivity index (χ0) is 49.3. The number of unbranched alkanes of at least 4 members (excludes halogenated alkanes) is 32. The van der Waals surface area contributed by atoms with Crippen molar-refractivity contribution >= 4 is 17.9 Å². The van der Waals surface area contributed by atoms with E-state index in [1.165, 1.54) is 167 Å². The van der Waals surface area contributed by atoms with Gasteiger partial charge in [0.25, 0.3) is 0 Å². The summed E-state index contributed by atoms with van der Waals surface area (Å²) in [4.78, 5) is 38.0. The summed E-state index contributed by atoms with van der Waals surface area (Å²) in [6.07, 6.45) is 70.9. The van der Waals surface area contributed by atoms with E-state index in [0.29, 0.717) is 19.3 Å². The largest absolute Gasteiger partial charge is 0.462 e. The van der Waals surface area contributed by atoms with Crippen molar-refractivity contribution in [2.75, 3.05) is 13.2 Å². The second-order valence-corrected chi connectivity index (χ2v) is 19.5. The van der Waals surface area contributed by atoms with Crippen molar-refractivity contribution in [1.82, 2.24) is 0 Å². The van der Waals surface area contributed by atoms with Gasteiger partial charge >= 0.3 is 17.9 Å². The van der Waals surface area contributed by atoms with Crippen molar-refractivity contribution < 1.29 is 28.6 Å². The number of allylic oxidation sites excluding steroid dienone is 10. The minimum absolute atomic E-state index is 0.0741. The van der Waals surface area contributed by atoms with E-state index in [1.54, 1.807) is 0 Å². The lowest BCUT2D eigenvalue weighted by atomic mass is 10.0. The second-order valence-electron chi connectivity index (χ2n) is 19.5. The minimum Gasteiger partial charge on any atom is -0.462 e. The van der Waals surface area contributed by atoms with Gasteiger partial charge in [-0.25, -0.2) is 0 Å². The molecule has 0 saturated heterocycles. The lowest BCUT2D eigenvalue weighted by Gasteiger charge is -2.18. The van der Waals surface area contributed by atoms with E-state index in [1.807, 2.05) is 0 Å². The summed E-state index contributed by atoms with van der Waals surface area (Å²) < 4.78 is 16.8. The molecule has 0 N–H and O–H groups in total. The van der Waals surface area contributed by atoms with Crippen molar-refractivity contribution in [2.24, 2.45) is 0 Å². The van der Waals surface area contributed by atoms with Crippen molar-refractivity contribution in [3.63, 3.8) is 0 Å². The average molecular weight is 952 g/mol. The third kappa shape index (κ3) is 54.1. The van der Waals surface area contributed by atoms with Crippen LogP contribution < -0.4 is 0 Å². The highest BCUT2D eigenvalue weighted by atomic mass is 16.6. The van der Waals surface area contributed by atoms with E-state index in [0.717, 1.165) is 89.9 Å². The highest BCUT2D eigenvalue weighted by Crippen LogP contribution is 2.16. The standard InChI is InChI=1S/C62H110O6/c1-4-7-10-13-16-19-21-23-25-26-27-28-29-30-31-32-33-34-35-36-37-39-40-43-46-49-52-55-61(64)67-58-59(57-66-60(63)54-51-48-45-42-18-15-12-9-6-3)68-62(65)56-53-50-47-44-41-38-24-22-20-17-14-11-8-5-2/h7,10,16,19,22-25,27-28,59H,4-6,8-9,11-15,17-18,20-21,26,29-58H2,1-3H3/b10-7-,19-16-,24-22-,25-23-,28-27-. The Labute approximate surface area is 421 Å². The Morgan fingerprint density at radius 2 is 0.574 bits per heavy atom. The van der Waals surface area contributed by atoms with Crippen LogP contribution in [0.2, 0.25) is 0 Å². The molecule has 0 aromatic rings. The van der Waals surface area contributed by atoms with Gasteiger partial charge in [-0.1, -0.05) is 255 Å². The molecule has 0 bridgehead atoms. The topological polar surface area (TPSA) is 78.9 Å². The Kier molecular flexibility index (Phi) is 54.3. The lowest BCUT2D eigenvalue weighted by Crippen LogP contribution is -2.30. The van der Waals surface area contributed by atoms with Gasteiger partial charge in [-0.3, -0.25) is 14.4 Å². The van der Waals surface area contributed by atoms with Crippen LogP contribution in [0.5, 0.6) is 0 Å². The maximum absolute atomic E-state index is 12.8. The van der Waals surface area contributed by atoms with Crippen LogP contribution >= 0.6 is 0 Å². The highest BCUT2D eigenvalue weighted by molar-refractivity contribution is 5.71. The molecule has 0 rings (SSSR count). The number of hydrogen-bond donors (Lipinski definition) is 0. The predicted octanol–water partition coefficient (Wildman–Crippen LogP) is 19.6. The molecular weight excluding hydrogens is 841 g/mol. The van der Waals surface area contributed by atoms with E-state index in [4.69, 9.17) is 14.2 Å². The Bertz CT molecular complexity index is 1230. The van der Waals surface area contributed by atoms with Gasteiger partial charge in [-0.15, -0.1) is 0 Å². The Morgan fingerprint density at radius 1 is 0.309 bits per heavy atom. The van der Waals surface area contributed by atoms with Gasteiger partial charge in [-0.2, -0.15) is 0 Å². The van der Waals surface area contributed by atoms with E-state index >= 15 is 0 Å². The Morgan fingerprint density at radius 3 is 0.912 bits per heavy atom. The van der Waals surface area contributed by atoms with Gasteiger partial charge in [0.2, 0.25) is 0 Å². The fraction of sp³-hybridized carbons (Fsp3) is 0.790. The van der Waals surface area contributed by atoms with Crippen LogP contribution in [0.4, 0.5) is 0 Å². The molecule has 0 heterocycles. The Balaban J connectivity index is 4.15. The highest BCUT2D eigenvalue weighted by Gasteiger charge is 2.19. The normalized spacial score (nSPS) is 12.5. The molecule has 0 aromatic heterocycles. The molecular formula is C62H110O6. The molecule has 0 aliphatic carbocycles. The van der Waals surface area contributed by atoms with Crippen molar-refractivity contribution in [2.45, 2.75) is 303 Å². The summed E-state index contributed by atoms with van der Waals surface area (Å²) in [7, 11) is 0. The first-order valence-corrected chi connectivity index (χ1v) is 29.3. The molecule has 6 heteroatoms. The van der Waals surface area contributed by atoms with Crippen molar-refractivity contribution in [3.05, 3.63) is 60.8 Å². The average Bonchev–Trinajstić information content (AvgIpc) is 3.34. The molecule has 0 amide bonds. The molecule has 394 valence electrons. The second kappa shape index (κ2) is 56.7. The minimum atomic E-state index is -0.774. The van der Waals surface area contributed by atoms with Crippen LogP contribution in [-0.2, 0) is 28.6 Å². The molecule has 1 atom stereocenters. The van der Waals surface area contributed by atoms with Gasteiger partial charge in [0.15, 0.2) is 6.10 Å². The van der Waals surface area contributed by atoms with Gasteiger partial charge < -0.3 is 14.2 Å². The van der Waals surface area contributed by atoms with Crippen LogP contribution in [0.15, 0.2) is 60.8 Å². The van der Waals surface area contributed by atoms with Crippen molar-refractivity contribution in [3.8, 4) is 0 Å². The fourth-order valence-electron chi connectivity index (χ4n) is 8.37. The maximum Gasteiger partial charge on any atom is 0.306 e. The lowest BCUT2D eigenvalue weighted by molar-refractivity contribution is -0.167. The quantitative estimate of drug-likeness (QED) is 0.0262. The predicted molar refractivity (Wildman–Crippen MR) is 293 cm³/mol. The summed E-state index contributed by atoms with van der Waals surface area (Å²) in [5, 5.41) is 0. The van der Waals surface area contributed by atoms with Gasteiger partial charge in [-0.05, 0) is 83.5 Å². The zero-order valence-electron chi connectivity index (χ0n) is 45.1. The van der Waals surface area contributed by atoms with Gasteiger partial charge in [0.05, 0.1) is 0 Å². The molecule has 0 aromatic carbocycles. The number of esters is 3. The number of hydrogen-bond acceptors (Lipinski definition) is 6. The zero-order valence-corrected chi connectivity index (χ0v) is 45.1. The maximum atomic E-state index is 12.8. The summed E-state index contributed by atoms with van der Waals surface area (Å²) in [5.41, 5.74) is 0. The summed E-state index contributed by atoms with van der Waals surface area (Å²) in [5.74, 6) is -0.875. The summed E-state index contributed by atoms with van der Waals surface area (Å²) in [6, 6.07) is 0. The molecule has 0 aliphatic rings. The molecule has 0 spiro atoms. The number of rotatable bonds is 53. The molecule has 0 radical (unpaired) electrons. The fourth-order valence-corrected chi connectivity index (χ4v) is 8.37. The van der Waals surface area contributed by atoms with Crippen LogP contribution in [-0.4, -0.2) is 37.2 Å². The molecule has 0 aliphatic heterocycles. The van der Waals surface area contributed by atoms with Crippen LogP contribution in [0.1, 0.15) is 297 Å². The summed E-state index contributed by atoms with van der Waals surface area (Å²) in [6.45, 7) is 6.51. The van der Waals surface area contributed by atoms with E-state index in [9.17, 15) is 14.4 Å². The molecule has 68 heavy (non-hydrogen) atoms. The van der Waals surface area contributed by atoms with E-state index in [-0.39, 0.29) is 31.1 Å². The Hall–Kier alpha value is -2.89. The van der Waals surface area contributed by atoms with Gasteiger partial charge in [0, 0.05) is 19.3 Å². The van der Waals surface area contributed by atoms with Gasteiger partial charge in [0.1, 0.15) is 13.2 Å². The van der Waals surface area contributed by atoms with E-state index < -0.39 is 6.10 Å². The monoisotopic (exact) mass is 951 g/mol. The number of carbonyl (C=O) groups is 3. The third-order valence-electron chi connectivity index (χ3n) is 12.8. The van der Waals surface area contributed by atoms with Crippen LogP contribution in [0, 0.1) is 0 Å². The third-order valence-corrected chi connectivity index (χ3v) is 12.8. The van der Waals surface area contributed by atoms with E-state index in [2.05, 4.69) is 81.5 Å². The smallest absolute Gasteiger partial charge is 0.306 e. The van der Waals surface area contributed by atoms with Crippen LogP contribution in [0.25, 0.3) is 0 Å². The van der Waals surface area contributed by atoms with Crippen LogP contribution in [0.3, 0.4) is 0 Å². The number of ether oxygens (including phenoxy) is 3. The first-order chi connectivity index (χ1) is 33.5. The van der Waals surface area contributed by atoms with Crippen molar-refractivity contribution in [1.29, 1.82) is 0 Å². The molecule has 0 saturated carbocycles. The molecule has 1 unspecified atom stereocenters. The first-order valence-electron chi connectivity index (χ1n) is 29.3. The summed E-state index contributed by atoms with van der Waals surface area (Å²) >= 11 is 0. The number of carbonyl (C=O) groups excluding carboxylic acids is 3.